The maximum Gasteiger partial charge on any atom is 0.123 e. The van der Waals surface area contributed by atoms with E-state index in [9.17, 15) is 4.39 Å². The quantitative estimate of drug-likeness (QED) is 0.877. The number of benzene rings is 1. The first-order valence-electron chi connectivity index (χ1n) is 6.24. The second kappa shape index (κ2) is 5.15. The molecule has 2 unspecified atom stereocenters. The SMILES string of the molecule is CC1(C(N)Cc2ccc(F)cc2)CCCCO1. The molecule has 1 aromatic carbocycles. The summed E-state index contributed by atoms with van der Waals surface area (Å²) < 4.78 is 18.6. The van der Waals surface area contributed by atoms with Gasteiger partial charge in [-0.15, -0.1) is 0 Å². The second-order valence-corrected chi connectivity index (χ2v) is 5.06. The maximum atomic E-state index is 12.8. The third-order valence-electron chi connectivity index (χ3n) is 3.65. The van der Waals surface area contributed by atoms with E-state index < -0.39 is 0 Å². The molecule has 1 fully saturated rings. The van der Waals surface area contributed by atoms with Gasteiger partial charge in [0.1, 0.15) is 5.82 Å². The highest BCUT2D eigenvalue weighted by molar-refractivity contribution is 5.18. The van der Waals surface area contributed by atoms with Crippen molar-refractivity contribution < 1.29 is 9.13 Å². The largest absolute Gasteiger partial charge is 0.374 e. The van der Waals surface area contributed by atoms with Gasteiger partial charge in [0.2, 0.25) is 0 Å². The van der Waals surface area contributed by atoms with Crippen molar-refractivity contribution in [1.29, 1.82) is 0 Å². The molecule has 0 aliphatic carbocycles. The molecule has 1 aliphatic rings. The van der Waals surface area contributed by atoms with Crippen LogP contribution in [0.2, 0.25) is 0 Å². The molecular formula is C14H20FNO. The Morgan fingerprint density at radius 3 is 2.65 bits per heavy atom. The summed E-state index contributed by atoms with van der Waals surface area (Å²) in [6.45, 7) is 2.88. The average molecular weight is 237 g/mol. The summed E-state index contributed by atoms with van der Waals surface area (Å²) in [7, 11) is 0. The summed E-state index contributed by atoms with van der Waals surface area (Å²) in [5.41, 5.74) is 7.07. The number of halogens is 1. The number of ether oxygens (including phenoxy) is 1. The summed E-state index contributed by atoms with van der Waals surface area (Å²) >= 11 is 0. The lowest BCUT2D eigenvalue weighted by Crippen LogP contribution is -2.50. The fraction of sp³-hybridized carbons (Fsp3) is 0.571. The monoisotopic (exact) mass is 237 g/mol. The summed E-state index contributed by atoms with van der Waals surface area (Å²) in [4.78, 5) is 0. The summed E-state index contributed by atoms with van der Waals surface area (Å²) in [6, 6.07) is 6.51. The predicted molar refractivity (Wildman–Crippen MR) is 66.3 cm³/mol. The molecule has 17 heavy (non-hydrogen) atoms. The van der Waals surface area contributed by atoms with Crippen molar-refractivity contribution in [2.24, 2.45) is 5.73 Å². The van der Waals surface area contributed by atoms with Crippen LogP contribution in [0, 0.1) is 5.82 Å². The van der Waals surface area contributed by atoms with Crippen molar-refractivity contribution in [1.82, 2.24) is 0 Å². The lowest BCUT2D eigenvalue weighted by atomic mass is 9.85. The van der Waals surface area contributed by atoms with Gasteiger partial charge in [0.15, 0.2) is 0 Å². The normalized spacial score (nSPS) is 26.8. The Hall–Kier alpha value is -0.930. The molecular weight excluding hydrogens is 217 g/mol. The fourth-order valence-electron chi connectivity index (χ4n) is 2.34. The van der Waals surface area contributed by atoms with Gasteiger partial charge < -0.3 is 10.5 Å². The van der Waals surface area contributed by atoms with Crippen LogP contribution in [0.4, 0.5) is 4.39 Å². The smallest absolute Gasteiger partial charge is 0.123 e. The van der Waals surface area contributed by atoms with E-state index in [2.05, 4.69) is 6.92 Å². The summed E-state index contributed by atoms with van der Waals surface area (Å²) in [5.74, 6) is -0.206. The van der Waals surface area contributed by atoms with Crippen molar-refractivity contribution in [3.63, 3.8) is 0 Å². The topological polar surface area (TPSA) is 35.2 Å². The highest BCUT2D eigenvalue weighted by Gasteiger charge is 2.34. The Morgan fingerprint density at radius 1 is 1.35 bits per heavy atom. The van der Waals surface area contributed by atoms with E-state index in [4.69, 9.17) is 10.5 Å². The van der Waals surface area contributed by atoms with Gasteiger partial charge in [-0.25, -0.2) is 4.39 Å². The molecule has 0 saturated carbocycles. The molecule has 2 atom stereocenters. The Bertz CT molecular complexity index is 357. The molecule has 2 rings (SSSR count). The van der Waals surface area contributed by atoms with Crippen molar-refractivity contribution in [3.8, 4) is 0 Å². The predicted octanol–water partition coefficient (Wildman–Crippen LogP) is 2.65. The van der Waals surface area contributed by atoms with Gasteiger partial charge in [0, 0.05) is 12.6 Å². The van der Waals surface area contributed by atoms with Crippen molar-refractivity contribution in [2.45, 2.75) is 44.2 Å². The first kappa shape index (κ1) is 12.5. The molecule has 0 amide bonds. The number of hydrogen-bond donors (Lipinski definition) is 1. The highest BCUT2D eigenvalue weighted by atomic mass is 19.1. The Morgan fingerprint density at radius 2 is 2.06 bits per heavy atom. The molecule has 2 N–H and O–H groups in total. The standard InChI is InChI=1S/C14H20FNO/c1-14(8-2-3-9-17-14)13(16)10-11-4-6-12(15)7-5-11/h4-7,13H,2-3,8-10,16H2,1H3. The molecule has 1 saturated heterocycles. The van der Waals surface area contributed by atoms with Crippen LogP contribution in [0.3, 0.4) is 0 Å². The van der Waals surface area contributed by atoms with Gasteiger partial charge in [0.25, 0.3) is 0 Å². The minimum atomic E-state index is -0.230. The third-order valence-corrected chi connectivity index (χ3v) is 3.65. The second-order valence-electron chi connectivity index (χ2n) is 5.06. The van der Waals surface area contributed by atoms with Crippen LogP contribution in [0.5, 0.6) is 0 Å². The minimum absolute atomic E-state index is 0.0340. The number of nitrogens with two attached hydrogens (primary N) is 1. The Kier molecular flexibility index (Phi) is 3.79. The number of hydrogen-bond acceptors (Lipinski definition) is 2. The summed E-state index contributed by atoms with van der Waals surface area (Å²) in [6.07, 6.45) is 4.04. The van der Waals surface area contributed by atoms with Crippen LogP contribution in [0.25, 0.3) is 0 Å². The molecule has 0 aromatic heterocycles. The van der Waals surface area contributed by atoms with Crippen LogP contribution in [0.1, 0.15) is 31.7 Å². The average Bonchev–Trinajstić information content (AvgIpc) is 2.33. The maximum absolute atomic E-state index is 12.8. The van der Waals surface area contributed by atoms with Crippen LogP contribution in [-0.4, -0.2) is 18.2 Å². The van der Waals surface area contributed by atoms with Crippen LogP contribution in [-0.2, 0) is 11.2 Å². The molecule has 3 heteroatoms. The van der Waals surface area contributed by atoms with Gasteiger partial charge in [-0.05, 0) is 50.3 Å². The zero-order valence-electron chi connectivity index (χ0n) is 10.3. The highest BCUT2D eigenvalue weighted by Crippen LogP contribution is 2.28. The minimum Gasteiger partial charge on any atom is -0.374 e. The van der Waals surface area contributed by atoms with E-state index in [1.807, 2.05) is 0 Å². The van der Waals surface area contributed by atoms with Crippen LogP contribution in [0.15, 0.2) is 24.3 Å². The van der Waals surface area contributed by atoms with Gasteiger partial charge in [-0.2, -0.15) is 0 Å². The van der Waals surface area contributed by atoms with E-state index in [1.54, 1.807) is 12.1 Å². The van der Waals surface area contributed by atoms with Gasteiger partial charge in [0.05, 0.1) is 5.60 Å². The molecule has 1 aromatic rings. The third kappa shape index (κ3) is 3.05. The summed E-state index contributed by atoms with van der Waals surface area (Å²) in [5, 5.41) is 0. The first-order chi connectivity index (χ1) is 8.10. The van der Waals surface area contributed by atoms with Gasteiger partial charge >= 0.3 is 0 Å². The molecule has 2 nitrogen and oxygen atoms in total. The van der Waals surface area contributed by atoms with Crippen LogP contribution >= 0.6 is 0 Å². The zero-order chi connectivity index (χ0) is 12.3. The number of rotatable bonds is 3. The fourth-order valence-corrected chi connectivity index (χ4v) is 2.34. The van der Waals surface area contributed by atoms with Gasteiger partial charge in [-0.1, -0.05) is 12.1 Å². The molecule has 0 radical (unpaired) electrons. The van der Waals surface area contributed by atoms with Crippen LogP contribution < -0.4 is 5.73 Å². The molecule has 1 heterocycles. The Balaban J connectivity index is 2.00. The van der Waals surface area contributed by atoms with E-state index in [1.165, 1.54) is 18.6 Å². The van der Waals surface area contributed by atoms with Crippen molar-refractivity contribution >= 4 is 0 Å². The first-order valence-corrected chi connectivity index (χ1v) is 6.24. The lowest BCUT2D eigenvalue weighted by molar-refractivity contribution is -0.0808. The Labute approximate surface area is 102 Å². The zero-order valence-corrected chi connectivity index (χ0v) is 10.3. The van der Waals surface area contributed by atoms with E-state index >= 15 is 0 Å². The van der Waals surface area contributed by atoms with Crippen molar-refractivity contribution in [3.05, 3.63) is 35.6 Å². The van der Waals surface area contributed by atoms with Gasteiger partial charge in [-0.3, -0.25) is 0 Å². The molecule has 0 bridgehead atoms. The molecule has 94 valence electrons. The van der Waals surface area contributed by atoms with E-state index in [0.717, 1.165) is 31.4 Å². The van der Waals surface area contributed by atoms with Crippen molar-refractivity contribution in [2.75, 3.05) is 6.61 Å². The molecule has 1 aliphatic heterocycles. The lowest BCUT2D eigenvalue weighted by Gasteiger charge is -2.38. The molecule has 0 spiro atoms. The van der Waals surface area contributed by atoms with E-state index in [0.29, 0.717) is 0 Å². The van der Waals surface area contributed by atoms with E-state index in [-0.39, 0.29) is 17.5 Å².